The maximum Gasteiger partial charge on any atom is 0.338 e. The molecule has 2 aromatic rings. The summed E-state index contributed by atoms with van der Waals surface area (Å²) in [4.78, 5) is 16.9. The molecule has 148 valence electrons. The second-order valence-corrected chi connectivity index (χ2v) is 8.20. The van der Waals surface area contributed by atoms with Crippen molar-refractivity contribution >= 4 is 12.0 Å². The Hall–Kier alpha value is -2.40. The number of nitrogens with zero attached hydrogens (tertiary/aromatic N) is 1. The van der Waals surface area contributed by atoms with Crippen molar-refractivity contribution in [3.63, 3.8) is 0 Å². The van der Waals surface area contributed by atoms with Crippen LogP contribution in [-0.4, -0.2) is 27.8 Å². The Kier molecular flexibility index (Phi) is 4.88. The number of carbonyl (C=O) groups is 1. The molecule has 0 amide bonds. The Labute approximate surface area is 165 Å². The van der Waals surface area contributed by atoms with Crippen LogP contribution in [-0.2, 0) is 9.53 Å². The fourth-order valence-corrected chi connectivity index (χ4v) is 5.25. The predicted octanol–water partition coefficient (Wildman–Crippen LogP) is 4.33. The van der Waals surface area contributed by atoms with Gasteiger partial charge in [0.25, 0.3) is 0 Å². The zero-order chi connectivity index (χ0) is 19.9. The summed E-state index contributed by atoms with van der Waals surface area (Å²) < 4.78 is 10.8. The van der Waals surface area contributed by atoms with Gasteiger partial charge < -0.3 is 14.3 Å². The van der Waals surface area contributed by atoms with Gasteiger partial charge in [0.2, 0.25) is 0 Å². The lowest BCUT2D eigenvalue weighted by molar-refractivity contribution is -0.160. The number of esters is 1. The van der Waals surface area contributed by atoms with Crippen LogP contribution < -0.4 is 0 Å². The van der Waals surface area contributed by atoms with E-state index in [2.05, 4.69) is 24.9 Å². The molecule has 1 saturated carbocycles. The molecule has 6 atom stereocenters. The number of allylic oxidation sites excluding steroid dienone is 1. The van der Waals surface area contributed by atoms with Crippen LogP contribution in [0.5, 0.6) is 0 Å². The average Bonchev–Trinajstić information content (AvgIpc) is 3.27. The first-order valence-corrected chi connectivity index (χ1v) is 10.1. The number of fused-ring (bicyclic) bond motifs is 1. The Bertz CT molecular complexity index is 857. The van der Waals surface area contributed by atoms with Gasteiger partial charge >= 0.3 is 5.97 Å². The molecule has 2 fully saturated rings. The van der Waals surface area contributed by atoms with Crippen molar-refractivity contribution in [1.29, 1.82) is 0 Å². The average molecular weight is 381 g/mol. The van der Waals surface area contributed by atoms with E-state index in [1.807, 2.05) is 37.3 Å². The van der Waals surface area contributed by atoms with Gasteiger partial charge in [0.1, 0.15) is 11.9 Å². The van der Waals surface area contributed by atoms with Gasteiger partial charge in [-0.05, 0) is 61.4 Å². The quantitative estimate of drug-likeness (QED) is 0.798. The Balaban J connectivity index is 1.61. The molecule has 0 radical (unpaired) electrons. The molecule has 6 unspecified atom stereocenters. The van der Waals surface area contributed by atoms with Crippen molar-refractivity contribution in [2.75, 3.05) is 0 Å². The minimum atomic E-state index is -1.38. The molecule has 5 heteroatoms. The lowest BCUT2D eigenvalue weighted by atomic mass is 9.59. The predicted molar refractivity (Wildman–Crippen MR) is 106 cm³/mol. The monoisotopic (exact) mass is 381 g/mol. The molecule has 0 aromatic carbocycles. The summed E-state index contributed by atoms with van der Waals surface area (Å²) >= 11 is 0. The molecule has 0 bridgehead atoms. The van der Waals surface area contributed by atoms with Crippen LogP contribution in [0.25, 0.3) is 17.4 Å². The lowest BCUT2D eigenvalue weighted by Crippen LogP contribution is -2.53. The van der Waals surface area contributed by atoms with Gasteiger partial charge in [0, 0.05) is 17.7 Å². The highest BCUT2D eigenvalue weighted by atomic mass is 16.6. The van der Waals surface area contributed by atoms with Crippen LogP contribution in [0, 0.1) is 23.7 Å². The second-order valence-electron chi connectivity index (χ2n) is 8.20. The highest BCUT2D eigenvalue weighted by Gasteiger charge is 2.62. The van der Waals surface area contributed by atoms with Crippen LogP contribution in [0.1, 0.15) is 39.3 Å². The summed E-state index contributed by atoms with van der Waals surface area (Å²) in [5.41, 5.74) is 0.387. The van der Waals surface area contributed by atoms with Gasteiger partial charge in [-0.1, -0.05) is 26.3 Å². The number of ether oxygens (including phenoxy) is 1. The minimum Gasteiger partial charge on any atom is -0.464 e. The van der Waals surface area contributed by atoms with Gasteiger partial charge in [0.15, 0.2) is 5.60 Å². The van der Waals surface area contributed by atoms with Gasteiger partial charge in [-0.15, -0.1) is 0 Å². The van der Waals surface area contributed by atoms with Crippen LogP contribution in [0.15, 0.2) is 47.2 Å². The van der Waals surface area contributed by atoms with E-state index in [1.54, 1.807) is 12.5 Å². The van der Waals surface area contributed by atoms with Crippen molar-refractivity contribution in [3.05, 3.63) is 48.5 Å². The van der Waals surface area contributed by atoms with Gasteiger partial charge in [-0.25, -0.2) is 4.79 Å². The SMILES string of the molecule is CCC1C(C)CC2(O)C(=O)OC(C)C2C1/C=C/c1ccc(-c2ccco2)cn1. The standard InChI is InChI=1S/C23H27NO4/c1-4-18-14(2)12-23(26)21(15(3)28-22(23)25)19(18)10-9-17-8-7-16(13-24-17)20-6-5-11-27-20/h5-11,13-15,18-19,21,26H,4,12H2,1-3H3/b10-9+. The van der Waals surface area contributed by atoms with E-state index in [9.17, 15) is 9.90 Å². The number of rotatable bonds is 4. The number of cyclic esters (lactones) is 1. The normalized spacial score (nSPS) is 35.1. The molecule has 28 heavy (non-hydrogen) atoms. The van der Waals surface area contributed by atoms with Crippen molar-refractivity contribution < 1.29 is 19.1 Å². The lowest BCUT2D eigenvalue weighted by Gasteiger charge is -2.45. The first kappa shape index (κ1) is 18.9. The fraction of sp³-hybridized carbons (Fsp3) is 0.478. The van der Waals surface area contributed by atoms with Gasteiger partial charge in [-0.2, -0.15) is 0 Å². The summed E-state index contributed by atoms with van der Waals surface area (Å²) in [6, 6.07) is 7.69. The maximum absolute atomic E-state index is 12.3. The number of aliphatic hydroxyl groups is 1. The summed E-state index contributed by atoms with van der Waals surface area (Å²) in [5.74, 6) is 0.793. The van der Waals surface area contributed by atoms with Crippen molar-refractivity contribution in [2.24, 2.45) is 23.7 Å². The van der Waals surface area contributed by atoms with Gasteiger partial charge in [0.05, 0.1) is 12.0 Å². The van der Waals surface area contributed by atoms with E-state index in [4.69, 9.17) is 9.15 Å². The van der Waals surface area contributed by atoms with E-state index in [1.165, 1.54) is 0 Å². The second kappa shape index (κ2) is 7.21. The first-order chi connectivity index (χ1) is 13.4. The topological polar surface area (TPSA) is 72.6 Å². The van der Waals surface area contributed by atoms with E-state index >= 15 is 0 Å². The van der Waals surface area contributed by atoms with Gasteiger partial charge in [-0.3, -0.25) is 4.98 Å². The summed E-state index contributed by atoms with van der Waals surface area (Å²) in [6.45, 7) is 6.18. The number of hydrogen-bond acceptors (Lipinski definition) is 5. The van der Waals surface area contributed by atoms with Crippen LogP contribution in [0.4, 0.5) is 0 Å². The Morgan fingerprint density at radius 2 is 2.14 bits per heavy atom. The molecule has 2 aromatic heterocycles. The Morgan fingerprint density at radius 1 is 1.32 bits per heavy atom. The highest BCUT2D eigenvalue weighted by molar-refractivity contribution is 5.82. The number of aromatic nitrogens is 1. The minimum absolute atomic E-state index is 0.0618. The molecule has 1 N–H and O–H groups in total. The molecule has 2 aliphatic rings. The smallest absolute Gasteiger partial charge is 0.338 e. The largest absolute Gasteiger partial charge is 0.464 e. The van der Waals surface area contributed by atoms with E-state index < -0.39 is 11.6 Å². The molecule has 1 saturated heterocycles. The molecule has 1 aliphatic carbocycles. The Morgan fingerprint density at radius 3 is 2.79 bits per heavy atom. The van der Waals surface area contributed by atoms with E-state index in [0.717, 1.165) is 23.4 Å². The van der Waals surface area contributed by atoms with Crippen molar-refractivity contribution in [3.8, 4) is 11.3 Å². The van der Waals surface area contributed by atoms with E-state index in [-0.39, 0.29) is 23.9 Å². The van der Waals surface area contributed by atoms with Crippen molar-refractivity contribution in [1.82, 2.24) is 4.98 Å². The van der Waals surface area contributed by atoms with Crippen LogP contribution in [0.3, 0.4) is 0 Å². The number of hydrogen-bond donors (Lipinski definition) is 1. The first-order valence-electron chi connectivity index (χ1n) is 10.1. The third-order valence-corrected chi connectivity index (χ3v) is 6.53. The summed E-state index contributed by atoms with van der Waals surface area (Å²) in [5, 5.41) is 11.1. The van der Waals surface area contributed by atoms with Crippen molar-refractivity contribution in [2.45, 2.75) is 45.3 Å². The number of carbonyl (C=O) groups excluding carboxylic acids is 1. The number of furan rings is 1. The molecule has 3 heterocycles. The molecule has 5 nitrogen and oxygen atoms in total. The maximum atomic E-state index is 12.3. The third kappa shape index (κ3) is 3.08. The molecule has 1 aliphatic heterocycles. The number of pyridine rings is 1. The fourth-order valence-electron chi connectivity index (χ4n) is 5.25. The third-order valence-electron chi connectivity index (χ3n) is 6.53. The zero-order valence-corrected chi connectivity index (χ0v) is 16.5. The molecular formula is C23H27NO4. The molecule has 4 rings (SSSR count). The van der Waals surface area contributed by atoms with Crippen LogP contribution >= 0.6 is 0 Å². The highest BCUT2D eigenvalue weighted by Crippen LogP contribution is 2.52. The molecular weight excluding hydrogens is 354 g/mol. The summed E-state index contributed by atoms with van der Waals surface area (Å²) in [6.07, 6.45) is 8.73. The zero-order valence-electron chi connectivity index (χ0n) is 16.5. The summed E-state index contributed by atoms with van der Waals surface area (Å²) in [7, 11) is 0. The molecule has 0 spiro atoms. The van der Waals surface area contributed by atoms with E-state index in [0.29, 0.717) is 12.3 Å². The van der Waals surface area contributed by atoms with Crippen LogP contribution in [0.2, 0.25) is 0 Å².